The summed E-state index contributed by atoms with van der Waals surface area (Å²) in [5.41, 5.74) is 4.44. The van der Waals surface area contributed by atoms with Gasteiger partial charge in [-0.3, -0.25) is 4.79 Å². The minimum absolute atomic E-state index is 0.0783. The number of hydrogen-bond donors (Lipinski definition) is 1. The standard InChI is InChI=1S/C13H16F3N3O/c14-13(15,16)9-4-5-12(18-8-9)19-6-2-1-3-10(19)7-11(17)20/h4-5,8,10H,1-3,6-7H2,(H2,17,20)/t10-/m0/s1. The number of anilines is 1. The molecule has 1 fully saturated rings. The Morgan fingerprint density at radius 3 is 2.70 bits per heavy atom. The van der Waals surface area contributed by atoms with Gasteiger partial charge in [0, 0.05) is 25.2 Å². The number of hydrogen-bond acceptors (Lipinski definition) is 3. The predicted molar refractivity (Wildman–Crippen MR) is 68.0 cm³/mol. The van der Waals surface area contributed by atoms with Crippen molar-refractivity contribution in [3.63, 3.8) is 0 Å². The molecule has 2 rings (SSSR count). The van der Waals surface area contributed by atoms with Crippen LogP contribution in [0, 0.1) is 0 Å². The maximum atomic E-state index is 12.5. The SMILES string of the molecule is NC(=O)C[C@@H]1CCCCN1c1ccc(C(F)(F)F)cn1. The van der Waals surface area contributed by atoms with Crippen molar-refractivity contribution in [2.24, 2.45) is 5.73 Å². The van der Waals surface area contributed by atoms with Gasteiger partial charge in [-0.15, -0.1) is 0 Å². The number of pyridine rings is 1. The third-order valence-electron chi connectivity index (χ3n) is 3.43. The Labute approximate surface area is 114 Å². The number of amides is 1. The molecular weight excluding hydrogens is 271 g/mol. The van der Waals surface area contributed by atoms with Gasteiger partial charge in [0.05, 0.1) is 5.56 Å². The van der Waals surface area contributed by atoms with Crippen LogP contribution in [0.5, 0.6) is 0 Å². The lowest BCUT2D eigenvalue weighted by Crippen LogP contribution is -2.42. The van der Waals surface area contributed by atoms with Crippen LogP contribution >= 0.6 is 0 Å². The number of nitrogens with zero attached hydrogens (tertiary/aromatic N) is 2. The van der Waals surface area contributed by atoms with Gasteiger partial charge in [-0.25, -0.2) is 4.98 Å². The van der Waals surface area contributed by atoms with E-state index in [9.17, 15) is 18.0 Å². The molecule has 1 amide bonds. The molecule has 2 N–H and O–H groups in total. The topological polar surface area (TPSA) is 59.2 Å². The van der Waals surface area contributed by atoms with Gasteiger partial charge < -0.3 is 10.6 Å². The van der Waals surface area contributed by atoms with E-state index in [2.05, 4.69) is 4.98 Å². The number of halogens is 3. The molecule has 0 spiro atoms. The van der Waals surface area contributed by atoms with E-state index in [0.717, 1.165) is 31.5 Å². The largest absolute Gasteiger partial charge is 0.417 e. The molecule has 1 saturated heterocycles. The predicted octanol–water partition coefficient (Wildman–Crippen LogP) is 2.33. The van der Waals surface area contributed by atoms with Gasteiger partial charge in [0.1, 0.15) is 5.82 Å². The Morgan fingerprint density at radius 2 is 2.15 bits per heavy atom. The van der Waals surface area contributed by atoms with Gasteiger partial charge >= 0.3 is 6.18 Å². The molecule has 110 valence electrons. The Balaban J connectivity index is 2.17. The van der Waals surface area contributed by atoms with Crippen LogP contribution in [0.1, 0.15) is 31.2 Å². The van der Waals surface area contributed by atoms with E-state index < -0.39 is 17.6 Å². The van der Waals surface area contributed by atoms with Crippen molar-refractivity contribution in [2.45, 2.75) is 37.9 Å². The maximum Gasteiger partial charge on any atom is 0.417 e. The average molecular weight is 287 g/mol. The molecule has 1 aliphatic heterocycles. The summed E-state index contributed by atoms with van der Waals surface area (Å²) in [6, 6.07) is 2.28. The first-order chi connectivity index (χ1) is 9.38. The van der Waals surface area contributed by atoms with E-state index in [1.54, 1.807) is 0 Å². The van der Waals surface area contributed by atoms with E-state index in [1.165, 1.54) is 6.07 Å². The third-order valence-corrected chi connectivity index (χ3v) is 3.43. The fourth-order valence-corrected chi connectivity index (χ4v) is 2.47. The summed E-state index contributed by atoms with van der Waals surface area (Å²) in [6.07, 6.45) is -0.660. The molecule has 1 aliphatic rings. The summed E-state index contributed by atoms with van der Waals surface area (Å²) < 4.78 is 37.5. The summed E-state index contributed by atoms with van der Waals surface area (Å²) in [6.45, 7) is 0.677. The minimum Gasteiger partial charge on any atom is -0.370 e. The van der Waals surface area contributed by atoms with Crippen molar-refractivity contribution in [3.05, 3.63) is 23.9 Å². The summed E-state index contributed by atoms with van der Waals surface area (Å²) in [7, 11) is 0. The summed E-state index contributed by atoms with van der Waals surface area (Å²) in [4.78, 5) is 16.8. The molecule has 0 aromatic carbocycles. The lowest BCUT2D eigenvalue weighted by atomic mass is 9.99. The number of carbonyl (C=O) groups is 1. The van der Waals surface area contributed by atoms with E-state index in [-0.39, 0.29) is 12.5 Å². The number of nitrogens with two attached hydrogens (primary N) is 1. The Kier molecular flexibility index (Phi) is 4.15. The van der Waals surface area contributed by atoms with Crippen molar-refractivity contribution in [1.82, 2.24) is 4.98 Å². The number of alkyl halides is 3. The molecule has 0 radical (unpaired) electrons. The third kappa shape index (κ3) is 3.40. The van der Waals surface area contributed by atoms with Crippen molar-refractivity contribution < 1.29 is 18.0 Å². The summed E-state index contributed by atoms with van der Waals surface area (Å²) in [5, 5.41) is 0. The van der Waals surface area contributed by atoms with Crippen LogP contribution in [0.2, 0.25) is 0 Å². The first-order valence-corrected chi connectivity index (χ1v) is 6.46. The van der Waals surface area contributed by atoms with Gasteiger partial charge in [-0.1, -0.05) is 0 Å². The van der Waals surface area contributed by atoms with Crippen molar-refractivity contribution in [3.8, 4) is 0 Å². The van der Waals surface area contributed by atoms with Crippen LogP contribution in [0.4, 0.5) is 19.0 Å². The zero-order chi connectivity index (χ0) is 14.8. The summed E-state index contributed by atoms with van der Waals surface area (Å²) in [5.74, 6) is 0.0535. The lowest BCUT2D eigenvalue weighted by Gasteiger charge is -2.36. The fourth-order valence-electron chi connectivity index (χ4n) is 2.47. The first-order valence-electron chi connectivity index (χ1n) is 6.46. The van der Waals surface area contributed by atoms with Gasteiger partial charge in [0.15, 0.2) is 0 Å². The highest BCUT2D eigenvalue weighted by Crippen LogP contribution is 2.31. The highest BCUT2D eigenvalue weighted by molar-refractivity contribution is 5.75. The van der Waals surface area contributed by atoms with Crippen molar-refractivity contribution >= 4 is 11.7 Å². The molecule has 0 bridgehead atoms. The Hall–Kier alpha value is -1.79. The highest BCUT2D eigenvalue weighted by atomic mass is 19.4. The molecule has 1 atom stereocenters. The monoisotopic (exact) mass is 287 g/mol. The average Bonchev–Trinajstić information content (AvgIpc) is 2.38. The molecule has 20 heavy (non-hydrogen) atoms. The molecule has 2 heterocycles. The number of rotatable bonds is 3. The van der Waals surface area contributed by atoms with E-state index in [1.807, 2.05) is 4.90 Å². The van der Waals surface area contributed by atoms with Gasteiger partial charge in [-0.2, -0.15) is 13.2 Å². The maximum absolute atomic E-state index is 12.5. The van der Waals surface area contributed by atoms with Gasteiger partial charge in [-0.05, 0) is 31.4 Å². The molecule has 0 aliphatic carbocycles. The number of aromatic nitrogens is 1. The molecule has 0 unspecified atom stereocenters. The quantitative estimate of drug-likeness (QED) is 0.928. The van der Waals surface area contributed by atoms with Crippen LogP contribution in [0.15, 0.2) is 18.3 Å². The van der Waals surface area contributed by atoms with E-state index >= 15 is 0 Å². The number of primary amides is 1. The van der Waals surface area contributed by atoms with Gasteiger partial charge in [0.2, 0.25) is 5.91 Å². The van der Waals surface area contributed by atoms with Crippen molar-refractivity contribution in [2.75, 3.05) is 11.4 Å². The molecule has 1 aromatic rings. The molecule has 7 heteroatoms. The second-order valence-electron chi connectivity index (χ2n) is 4.92. The van der Waals surface area contributed by atoms with Crippen LogP contribution in [-0.4, -0.2) is 23.5 Å². The molecule has 1 aromatic heterocycles. The number of piperidine rings is 1. The second kappa shape index (κ2) is 5.68. The summed E-state index contributed by atoms with van der Waals surface area (Å²) >= 11 is 0. The molecule has 4 nitrogen and oxygen atoms in total. The molecule has 0 saturated carbocycles. The number of carbonyl (C=O) groups excluding carboxylic acids is 1. The van der Waals surface area contributed by atoms with Crippen LogP contribution in [-0.2, 0) is 11.0 Å². The normalized spacial score (nSPS) is 19.9. The van der Waals surface area contributed by atoms with Gasteiger partial charge in [0.25, 0.3) is 0 Å². The fraction of sp³-hybridized carbons (Fsp3) is 0.538. The minimum atomic E-state index is -4.39. The lowest BCUT2D eigenvalue weighted by molar-refractivity contribution is -0.137. The van der Waals surface area contributed by atoms with Crippen LogP contribution in [0.25, 0.3) is 0 Å². The van der Waals surface area contributed by atoms with E-state index in [0.29, 0.717) is 12.4 Å². The zero-order valence-electron chi connectivity index (χ0n) is 10.9. The second-order valence-corrected chi connectivity index (χ2v) is 4.92. The Morgan fingerprint density at radius 1 is 1.40 bits per heavy atom. The first kappa shape index (κ1) is 14.6. The van der Waals surface area contributed by atoms with E-state index in [4.69, 9.17) is 5.73 Å². The highest BCUT2D eigenvalue weighted by Gasteiger charge is 2.31. The smallest absolute Gasteiger partial charge is 0.370 e. The van der Waals surface area contributed by atoms with Crippen LogP contribution < -0.4 is 10.6 Å². The molecular formula is C13H16F3N3O. The zero-order valence-corrected chi connectivity index (χ0v) is 10.9. The Bertz CT molecular complexity index is 473. The van der Waals surface area contributed by atoms with Crippen LogP contribution in [0.3, 0.4) is 0 Å². The van der Waals surface area contributed by atoms with Crippen molar-refractivity contribution in [1.29, 1.82) is 0 Å².